The summed E-state index contributed by atoms with van der Waals surface area (Å²) in [6, 6.07) is 16.2. The number of imidazole rings is 1. The van der Waals surface area contributed by atoms with Gasteiger partial charge >= 0.3 is 0 Å². The number of amides is 1. The van der Waals surface area contributed by atoms with Crippen LogP contribution in [0.15, 0.2) is 65.6 Å². The largest absolute Gasteiger partial charge is 0.395 e. The van der Waals surface area contributed by atoms with Crippen LogP contribution < -0.4 is 5.56 Å². The monoisotopic (exact) mass is 492 g/mol. The average Bonchev–Trinajstić information content (AvgIpc) is 3.32. The number of unbranched alkanes of at least 4 members (excludes halogenated alkanes) is 2. The number of rotatable bonds is 9. The Labute approximate surface area is 209 Å². The number of likely N-dealkylation sites (N-methyl/N-ethyl adjacent to an activating group) is 1. The SMILES string of the molecule is CCCCCn1c(-c2ccc(C(=O)N(C)CCO)cc2)cc(=O)n2cc(-c3ccc(Cl)cc3)nc12. The smallest absolute Gasteiger partial charge is 0.259 e. The lowest BCUT2D eigenvalue weighted by Gasteiger charge is -2.17. The molecule has 0 atom stereocenters. The molecule has 1 amide bonds. The van der Waals surface area contributed by atoms with Crippen LogP contribution >= 0.6 is 11.6 Å². The van der Waals surface area contributed by atoms with Crippen LogP contribution in [0.5, 0.6) is 0 Å². The minimum absolute atomic E-state index is 0.0906. The molecule has 0 aliphatic heterocycles. The van der Waals surface area contributed by atoms with Crippen LogP contribution in [0.2, 0.25) is 5.02 Å². The Morgan fingerprint density at radius 3 is 2.40 bits per heavy atom. The fraction of sp³-hybridized carbons (Fsp3) is 0.296. The fourth-order valence-electron chi connectivity index (χ4n) is 4.09. The van der Waals surface area contributed by atoms with Crippen molar-refractivity contribution in [3.8, 4) is 22.5 Å². The molecule has 1 N–H and O–H groups in total. The van der Waals surface area contributed by atoms with Crippen molar-refractivity contribution >= 4 is 23.3 Å². The number of hydrogen-bond donors (Lipinski definition) is 1. The van der Waals surface area contributed by atoms with Gasteiger partial charge < -0.3 is 14.6 Å². The molecule has 4 rings (SSSR count). The van der Waals surface area contributed by atoms with Gasteiger partial charge in [-0.1, -0.05) is 55.6 Å². The Bertz CT molecular complexity index is 1370. The van der Waals surface area contributed by atoms with Gasteiger partial charge in [0.15, 0.2) is 0 Å². The van der Waals surface area contributed by atoms with Gasteiger partial charge in [0.05, 0.1) is 18.0 Å². The van der Waals surface area contributed by atoms with Gasteiger partial charge in [0, 0.05) is 48.5 Å². The maximum atomic E-state index is 13.1. The summed E-state index contributed by atoms with van der Waals surface area (Å²) in [5, 5.41) is 9.75. The van der Waals surface area contributed by atoms with Crippen molar-refractivity contribution in [2.45, 2.75) is 32.7 Å². The van der Waals surface area contributed by atoms with E-state index in [-0.39, 0.29) is 24.6 Å². The van der Waals surface area contributed by atoms with E-state index in [1.54, 1.807) is 48.0 Å². The fourth-order valence-corrected chi connectivity index (χ4v) is 4.22. The van der Waals surface area contributed by atoms with E-state index in [0.29, 0.717) is 28.6 Å². The van der Waals surface area contributed by atoms with Crippen LogP contribution in [0.25, 0.3) is 28.3 Å². The van der Waals surface area contributed by atoms with E-state index in [1.165, 1.54) is 4.90 Å². The zero-order chi connectivity index (χ0) is 24.9. The van der Waals surface area contributed by atoms with Gasteiger partial charge in [-0.2, -0.15) is 0 Å². The highest BCUT2D eigenvalue weighted by Gasteiger charge is 2.16. The Morgan fingerprint density at radius 1 is 1.06 bits per heavy atom. The van der Waals surface area contributed by atoms with Crippen LogP contribution in [-0.2, 0) is 6.54 Å². The third kappa shape index (κ3) is 5.31. The molecule has 35 heavy (non-hydrogen) atoms. The third-order valence-corrected chi connectivity index (χ3v) is 6.30. The van der Waals surface area contributed by atoms with Crippen molar-refractivity contribution < 1.29 is 9.90 Å². The Morgan fingerprint density at radius 2 is 1.74 bits per heavy atom. The quantitative estimate of drug-likeness (QED) is 0.342. The second-order valence-electron chi connectivity index (χ2n) is 8.56. The molecule has 4 aromatic rings. The predicted octanol–water partition coefficient (Wildman–Crippen LogP) is 4.74. The number of aliphatic hydroxyl groups is 1. The van der Waals surface area contributed by atoms with Gasteiger partial charge in [-0.15, -0.1) is 0 Å². The molecule has 0 bridgehead atoms. The first-order valence-electron chi connectivity index (χ1n) is 11.8. The number of halogens is 1. The number of aliphatic hydroxyl groups excluding tert-OH is 1. The summed E-state index contributed by atoms with van der Waals surface area (Å²) in [6.07, 6.45) is 4.86. The molecule has 0 aliphatic rings. The highest BCUT2D eigenvalue weighted by Crippen LogP contribution is 2.25. The molecule has 2 aromatic heterocycles. The maximum Gasteiger partial charge on any atom is 0.259 e. The van der Waals surface area contributed by atoms with E-state index >= 15 is 0 Å². The molecule has 7 nitrogen and oxygen atoms in total. The number of carbonyl (C=O) groups excluding carboxylic acids is 1. The Kier molecular flexibility index (Phi) is 7.68. The molecule has 0 spiro atoms. The first-order chi connectivity index (χ1) is 16.9. The molecule has 0 radical (unpaired) electrons. The lowest BCUT2D eigenvalue weighted by atomic mass is 10.1. The van der Waals surface area contributed by atoms with E-state index in [4.69, 9.17) is 21.7 Å². The summed E-state index contributed by atoms with van der Waals surface area (Å²) in [5.41, 5.74) is 3.53. The number of aryl methyl sites for hydroxylation is 1. The molecule has 2 heterocycles. The van der Waals surface area contributed by atoms with Gasteiger partial charge in [0.25, 0.3) is 11.5 Å². The van der Waals surface area contributed by atoms with E-state index < -0.39 is 0 Å². The Balaban J connectivity index is 1.79. The van der Waals surface area contributed by atoms with E-state index in [9.17, 15) is 9.59 Å². The average molecular weight is 493 g/mol. The minimum Gasteiger partial charge on any atom is -0.395 e. The maximum absolute atomic E-state index is 13.1. The third-order valence-electron chi connectivity index (χ3n) is 6.05. The second-order valence-corrected chi connectivity index (χ2v) is 8.99. The minimum atomic E-state index is -0.169. The summed E-state index contributed by atoms with van der Waals surface area (Å²) in [7, 11) is 1.66. The number of aromatic nitrogens is 3. The zero-order valence-corrected chi connectivity index (χ0v) is 20.7. The summed E-state index contributed by atoms with van der Waals surface area (Å²) in [4.78, 5) is 31.9. The van der Waals surface area contributed by atoms with E-state index in [2.05, 4.69) is 11.5 Å². The van der Waals surface area contributed by atoms with Crippen molar-refractivity contribution in [1.29, 1.82) is 0 Å². The van der Waals surface area contributed by atoms with Crippen molar-refractivity contribution in [2.75, 3.05) is 20.2 Å². The molecular weight excluding hydrogens is 464 g/mol. The lowest BCUT2D eigenvalue weighted by Crippen LogP contribution is -2.29. The number of hydrogen-bond acceptors (Lipinski definition) is 4. The van der Waals surface area contributed by atoms with Crippen LogP contribution in [0.3, 0.4) is 0 Å². The molecule has 0 unspecified atom stereocenters. The highest BCUT2D eigenvalue weighted by atomic mass is 35.5. The second kappa shape index (κ2) is 10.9. The predicted molar refractivity (Wildman–Crippen MR) is 139 cm³/mol. The van der Waals surface area contributed by atoms with E-state index in [1.807, 2.05) is 24.3 Å². The number of fused-ring (bicyclic) bond motifs is 1. The van der Waals surface area contributed by atoms with Crippen molar-refractivity contribution in [3.05, 3.63) is 81.7 Å². The molecule has 2 aromatic carbocycles. The normalized spacial score (nSPS) is 11.2. The van der Waals surface area contributed by atoms with Crippen molar-refractivity contribution in [2.24, 2.45) is 0 Å². The first kappa shape index (κ1) is 24.7. The summed E-state index contributed by atoms with van der Waals surface area (Å²) < 4.78 is 3.66. The van der Waals surface area contributed by atoms with E-state index in [0.717, 1.165) is 36.1 Å². The van der Waals surface area contributed by atoms with Crippen LogP contribution in [0, 0.1) is 0 Å². The molecular formula is C27H29ClN4O3. The molecule has 0 fully saturated rings. The van der Waals surface area contributed by atoms with Gasteiger partial charge in [-0.3, -0.25) is 14.0 Å². The summed E-state index contributed by atoms with van der Waals surface area (Å²) in [6.45, 7) is 3.04. The number of carbonyl (C=O) groups is 1. The molecule has 8 heteroatoms. The van der Waals surface area contributed by atoms with Crippen molar-refractivity contribution in [1.82, 2.24) is 18.9 Å². The molecule has 182 valence electrons. The number of nitrogens with zero attached hydrogens (tertiary/aromatic N) is 4. The van der Waals surface area contributed by atoms with Crippen LogP contribution in [-0.4, -0.2) is 50.1 Å². The van der Waals surface area contributed by atoms with Gasteiger partial charge in [-0.25, -0.2) is 4.98 Å². The zero-order valence-electron chi connectivity index (χ0n) is 19.9. The van der Waals surface area contributed by atoms with Gasteiger partial charge in [0.2, 0.25) is 5.78 Å². The molecule has 0 aliphatic carbocycles. The first-order valence-corrected chi connectivity index (χ1v) is 12.2. The molecule has 0 saturated carbocycles. The van der Waals surface area contributed by atoms with Crippen molar-refractivity contribution in [3.63, 3.8) is 0 Å². The van der Waals surface area contributed by atoms with Gasteiger partial charge in [-0.05, 0) is 36.2 Å². The lowest BCUT2D eigenvalue weighted by molar-refractivity contribution is 0.0767. The number of benzene rings is 2. The van der Waals surface area contributed by atoms with Gasteiger partial charge in [0.1, 0.15) is 0 Å². The van der Waals surface area contributed by atoms with Crippen LogP contribution in [0.4, 0.5) is 0 Å². The Hall–Kier alpha value is -3.42. The van der Waals surface area contributed by atoms with Crippen LogP contribution in [0.1, 0.15) is 36.5 Å². The summed E-state index contributed by atoms with van der Waals surface area (Å²) >= 11 is 6.04. The highest BCUT2D eigenvalue weighted by molar-refractivity contribution is 6.30. The standard InChI is InChI=1S/C27H29ClN4O3/c1-3-4-5-14-31-24(20-6-8-21(9-7-20)26(35)30(2)15-16-33)17-25(34)32-18-23(29-27(31)32)19-10-12-22(28)13-11-19/h6-13,17-18,33H,3-5,14-16H2,1-2H3. The molecule has 0 saturated heterocycles. The summed E-state index contributed by atoms with van der Waals surface area (Å²) in [5.74, 6) is 0.415. The topological polar surface area (TPSA) is 79.8 Å².